The van der Waals surface area contributed by atoms with E-state index in [0.717, 1.165) is 23.7 Å². The minimum absolute atomic E-state index is 0.0607. The number of carbonyl (C=O) groups is 1. The number of hydrogen-bond acceptors (Lipinski definition) is 3. The van der Waals surface area contributed by atoms with E-state index in [-0.39, 0.29) is 24.5 Å². The molecule has 4 nitrogen and oxygen atoms in total. The molecule has 1 aliphatic rings. The zero-order valence-corrected chi connectivity index (χ0v) is 11.6. The maximum absolute atomic E-state index is 12.1. The summed E-state index contributed by atoms with van der Waals surface area (Å²) in [5.41, 5.74) is 6.77. The molecule has 1 aromatic rings. The first-order valence-electron chi connectivity index (χ1n) is 6.08. The van der Waals surface area contributed by atoms with Crippen LogP contribution in [-0.2, 0) is 0 Å². The zero-order valence-electron chi connectivity index (χ0n) is 10.0. The summed E-state index contributed by atoms with van der Waals surface area (Å²) in [6, 6.07) is 5.28. The molecule has 4 N–H and O–H groups in total. The number of amides is 1. The number of hydrogen-bond donors (Lipinski definition) is 3. The zero-order chi connectivity index (χ0) is 13.1. The molecule has 0 aromatic heterocycles. The highest BCUT2D eigenvalue weighted by molar-refractivity contribution is 9.10. The van der Waals surface area contributed by atoms with Gasteiger partial charge in [0.2, 0.25) is 0 Å². The number of nitrogens with one attached hydrogen (secondary N) is 1. The molecule has 2 rings (SSSR count). The third kappa shape index (κ3) is 2.84. The van der Waals surface area contributed by atoms with E-state index in [2.05, 4.69) is 21.2 Å². The first-order chi connectivity index (χ1) is 8.61. The first-order valence-corrected chi connectivity index (χ1v) is 6.88. The van der Waals surface area contributed by atoms with Gasteiger partial charge in [-0.1, -0.05) is 22.4 Å². The Hall–Kier alpha value is -1.07. The molecular weight excluding hydrogens is 296 g/mol. The predicted molar refractivity (Wildman–Crippen MR) is 74.2 cm³/mol. The smallest absolute Gasteiger partial charge is 0.253 e. The number of rotatable bonds is 3. The van der Waals surface area contributed by atoms with E-state index in [4.69, 9.17) is 5.73 Å². The molecule has 2 unspecified atom stereocenters. The number of aliphatic hydroxyl groups is 1. The molecular formula is C13H17BrN2O2. The fraction of sp³-hybridized carbons (Fsp3) is 0.462. The van der Waals surface area contributed by atoms with Crippen molar-refractivity contribution in [1.29, 1.82) is 0 Å². The van der Waals surface area contributed by atoms with Crippen molar-refractivity contribution in [2.45, 2.75) is 25.3 Å². The standard InChI is InChI=1S/C13H17BrN2O2/c14-9-4-5-10(11(15)6-9)13(18)16-12-3-1-2-8(12)7-17/h4-6,8,12,17H,1-3,7,15H2,(H,16,18). The van der Waals surface area contributed by atoms with E-state index in [1.165, 1.54) is 0 Å². The molecule has 1 aliphatic carbocycles. The molecule has 2 atom stereocenters. The van der Waals surface area contributed by atoms with Crippen molar-refractivity contribution >= 4 is 27.5 Å². The summed E-state index contributed by atoms with van der Waals surface area (Å²) in [5.74, 6) is 0.0102. The first kappa shape index (κ1) is 13.4. The fourth-order valence-electron chi connectivity index (χ4n) is 2.43. The normalized spacial score (nSPS) is 23.0. The van der Waals surface area contributed by atoms with Gasteiger partial charge >= 0.3 is 0 Å². The van der Waals surface area contributed by atoms with Gasteiger partial charge in [-0.3, -0.25) is 4.79 Å². The average Bonchev–Trinajstić information content (AvgIpc) is 2.76. The Morgan fingerprint density at radius 3 is 2.94 bits per heavy atom. The Balaban J connectivity index is 2.07. The maximum atomic E-state index is 12.1. The summed E-state index contributed by atoms with van der Waals surface area (Å²) >= 11 is 3.31. The number of anilines is 1. The summed E-state index contributed by atoms with van der Waals surface area (Å²) in [6.45, 7) is 0.126. The van der Waals surface area contributed by atoms with Crippen LogP contribution in [0, 0.1) is 5.92 Å². The van der Waals surface area contributed by atoms with Gasteiger partial charge in [-0.15, -0.1) is 0 Å². The fourth-order valence-corrected chi connectivity index (χ4v) is 2.81. The molecule has 1 fully saturated rings. The molecule has 98 valence electrons. The van der Waals surface area contributed by atoms with Gasteiger partial charge in [-0.05, 0) is 31.0 Å². The van der Waals surface area contributed by atoms with Crippen LogP contribution in [0.3, 0.4) is 0 Å². The lowest BCUT2D eigenvalue weighted by molar-refractivity contribution is 0.0917. The summed E-state index contributed by atoms with van der Waals surface area (Å²) in [4.78, 5) is 12.1. The van der Waals surface area contributed by atoms with Gasteiger partial charge in [0, 0.05) is 28.7 Å². The SMILES string of the molecule is Nc1cc(Br)ccc1C(=O)NC1CCCC1CO. The molecule has 1 amide bonds. The Kier molecular flexibility index (Phi) is 4.24. The lowest BCUT2D eigenvalue weighted by atomic mass is 10.0. The molecule has 5 heteroatoms. The number of nitrogen functional groups attached to an aromatic ring is 1. The van der Waals surface area contributed by atoms with Crippen molar-refractivity contribution in [3.05, 3.63) is 28.2 Å². The predicted octanol–water partition coefficient (Wildman–Crippen LogP) is 1.92. The quantitative estimate of drug-likeness (QED) is 0.746. The molecule has 1 saturated carbocycles. The van der Waals surface area contributed by atoms with Gasteiger partial charge in [-0.25, -0.2) is 0 Å². The van der Waals surface area contributed by atoms with Gasteiger partial charge in [-0.2, -0.15) is 0 Å². The number of halogens is 1. The van der Waals surface area contributed by atoms with Crippen LogP contribution in [0.5, 0.6) is 0 Å². The largest absolute Gasteiger partial charge is 0.398 e. The highest BCUT2D eigenvalue weighted by atomic mass is 79.9. The van der Waals surface area contributed by atoms with Gasteiger partial charge < -0.3 is 16.2 Å². The Morgan fingerprint density at radius 1 is 1.50 bits per heavy atom. The van der Waals surface area contributed by atoms with E-state index in [0.29, 0.717) is 11.3 Å². The third-order valence-electron chi connectivity index (χ3n) is 3.47. The lowest BCUT2D eigenvalue weighted by Crippen LogP contribution is -2.38. The number of benzene rings is 1. The van der Waals surface area contributed by atoms with Crippen LogP contribution < -0.4 is 11.1 Å². The molecule has 0 radical (unpaired) electrons. The average molecular weight is 313 g/mol. The molecule has 1 aromatic carbocycles. The summed E-state index contributed by atoms with van der Waals surface area (Å²) < 4.78 is 0.852. The summed E-state index contributed by atoms with van der Waals surface area (Å²) in [7, 11) is 0. The van der Waals surface area contributed by atoms with E-state index >= 15 is 0 Å². The van der Waals surface area contributed by atoms with Crippen molar-refractivity contribution in [3.8, 4) is 0 Å². The minimum atomic E-state index is -0.162. The van der Waals surface area contributed by atoms with Crippen molar-refractivity contribution in [1.82, 2.24) is 5.32 Å². The van der Waals surface area contributed by atoms with E-state index in [1.807, 2.05) is 0 Å². The molecule has 0 aliphatic heterocycles. The second kappa shape index (κ2) is 5.71. The van der Waals surface area contributed by atoms with E-state index < -0.39 is 0 Å². The molecule has 0 bridgehead atoms. The Morgan fingerprint density at radius 2 is 2.28 bits per heavy atom. The van der Waals surface area contributed by atoms with Crippen molar-refractivity contribution < 1.29 is 9.90 Å². The highest BCUT2D eigenvalue weighted by Gasteiger charge is 2.28. The van der Waals surface area contributed by atoms with Crippen molar-refractivity contribution in [2.24, 2.45) is 5.92 Å². The lowest BCUT2D eigenvalue weighted by Gasteiger charge is -2.19. The van der Waals surface area contributed by atoms with Crippen LogP contribution in [0.25, 0.3) is 0 Å². The second-order valence-electron chi connectivity index (χ2n) is 4.69. The van der Waals surface area contributed by atoms with Crippen LogP contribution >= 0.6 is 15.9 Å². The monoisotopic (exact) mass is 312 g/mol. The van der Waals surface area contributed by atoms with Crippen LogP contribution in [-0.4, -0.2) is 23.7 Å². The Bertz CT molecular complexity index is 451. The molecule has 0 heterocycles. The minimum Gasteiger partial charge on any atom is -0.398 e. The number of carbonyl (C=O) groups excluding carboxylic acids is 1. The van der Waals surface area contributed by atoms with Gasteiger partial charge in [0.05, 0.1) is 5.56 Å². The summed E-state index contributed by atoms with van der Waals surface area (Å²) in [5, 5.41) is 12.2. The summed E-state index contributed by atoms with van der Waals surface area (Å²) in [6.07, 6.45) is 2.94. The molecule has 18 heavy (non-hydrogen) atoms. The van der Waals surface area contributed by atoms with E-state index in [9.17, 15) is 9.90 Å². The maximum Gasteiger partial charge on any atom is 0.253 e. The van der Waals surface area contributed by atoms with Crippen LogP contribution in [0.2, 0.25) is 0 Å². The topological polar surface area (TPSA) is 75.4 Å². The van der Waals surface area contributed by atoms with Gasteiger partial charge in [0.25, 0.3) is 5.91 Å². The second-order valence-corrected chi connectivity index (χ2v) is 5.60. The van der Waals surface area contributed by atoms with Gasteiger partial charge in [0.1, 0.15) is 0 Å². The highest BCUT2D eigenvalue weighted by Crippen LogP contribution is 2.26. The van der Waals surface area contributed by atoms with Crippen LogP contribution in [0.15, 0.2) is 22.7 Å². The van der Waals surface area contributed by atoms with Crippen molar-refractivity contribution in [3.63, 3.8) is 0 Å². The molecule has 0 spiro atoms. The van der Waals surface area contributed by atoms with Crippen LogP contribution in [0.4, 0.5) is 5.69 Å². The molecule has 0 saturated heterocycles. The van der Waals surface area contributed by atoms with Crippen molar-refractivity contribution in [2.75, 3.05) is 12.3 Å². The van der Waals surface area contributed by atoms with Crippen LogP contribution in [0.1, 0.15) is 29.6 Å². The number of nitrogens with two attached hydrogens (primary N) is 1. The number of aliphatic hydroxyl groups excluding tert-OH is 1. The van der Waals surface area contributed by atoms with Gasteiger partial charge in [0.15, 0.2) is 0 Å². The Labute approximate surface area is 115 Å². The third-order valence-corrected chi connectivity index (χ3v) is 3.96. The van der Waals surface area contributed by atoms with E-state index in [1.54, 1.807) is 18.2 Å².